The summed E-state index contributed by atoms with van der Waals surface area (Å²) in [4.78, 5) is 44.9. The molecule has 11 heteroatoms. The number of fused-ring (bicyclic) bond motifs is 1. The second-order valence-corrected chi connectivity index (χ2v) is 14.2. The predicted molar refractivity (Wildman–Crippen MR) is 165 cm³/mol. The number of nitrogens with zero attached hydrogens (tertiary/aromatic N) is 5. The average Bonchev–Trinajstić information content (AvgIpc) is 3.68. The molecule has 1 aromatic carbocycles. The molecule has 1 aliphatic heterocycles. The van der Waals surface area contributed by atoms with Crippen molar-refractivity contribution in [3.8, 4) is 11.3 Å². The fourth-order valence-corrected chi connectivity index (χ4v) is 6.77. The van der Waals surface area contributed by atoms with Gasteiger partial charge in [0.05, 0.1) is 76.6 Å². The smallest absolute Gasteiger partial charge is 0.307 e. The molecule has 0 saturated carbocycles. The number of nitrogens with one attached hydrogen (secondary N) is 1. The van der Waals surface area contributed by atoms with Crippen LogP contribution in [0.1, 0.15) is 50.3 Å². The molecule has 10 nitrogen and oxygen atoms in total. The second kappa shape index (κ2) is 12.2. The molecule has 2 amide bonds. The number of aromatic nitrogens is 3. The summed E-state index contributed by atoms with van der Waals surface area (Å²) in [6.45, 7) is 12.6. The Morgan fingerprint density at radius 1 is 1.12 bits per heavy atom. The second-order valence-electron chi connectivity index (χ2n) is 13.3. The highest BCUT2D eigenvalue weighted by Gasteiger charge is 2.46. The monoisotopic (exact) mass is 607 g/mol. The summed E-state index contributed by atoms with van der Waals surface area (Å²) in [5.74, 6) is -0.368. The van der Waals surface area contributed by atoms with E-state index in [9.17, 15) is 14.4 Å². The number of amides is 2. The summed E-state index contributed by atoms with van der Waals surface area (Å²) in [6, 6.07) is 8.00. The average molecular weight is 608 g/mol. The molecule has 0 atom stereocenters. The number of hydrogen-bond donors (Lipinski definition) is 1. The van der Waals surface area contributed by atoms with E-state index in [0.717, 1.165) is 71.1 Å². The van der Waals surface area contributed by atoms with Crippen molar-refractivity contribution in [1.29, 1.82) is 0 Å². The molecular formula is C32H43N6O4S+. The van der Waals surface area contributed by atoms with Crippen LogP contribution in [-0.2, 0) is 45.1 Å². The highest BCUT2D eigenvalue weighted by atomic mass is 32.1. The molecule has 1 fully saturated rings. The van der Waals surface area contributed by atoms with Crippen molar-refractivity contribution in [2.75, 3.05) is 39.8 Å². The fraction of sp³-hybridized carbons (Fsp3) is 0.531. The molecule has 2 aliphatic rings. The van der Waals surface area contributed by atoms with Gasteiger partial charge in [0.2, 0.25) is 11.8 Å². The number of piperazine rings is 1. The first-order chi connectivity index (χ1) is 20.3. The van der Waals surface area contributed by atoms with E-state index in [4.69, 9.17) is 9.72 Å². The van der Waals surface area contributed by atoms with Crippen LogP contribution in [0.15, 0.2) is 42.0 Å². The number of ether oxygens (including phenoxy) is 1. The maximum Gasteiger partial charge on any atom is 0.307 e. The van der Waals surface area contributed by atoms with Gasteiger partial charge in [-0.15, -0.1) is 11.3 Å². The first kappa shape index (κ1) is 30.9. The maximum absolute atomic E-state index is 13.7. The number of carbonyl (C=O) groups excluding carboxylic acids is 3. The molecule has 1 saturated heterocycles. The highest BCUT2D eigenvalue weighted by Crippen LogP contribution is 2.41. The molecule has 0 bridgehead atoms. The molecule has 0 spiro atoms. The Hall–Kier alpha value is -3.57. The van der Waals surface area contributed by atoms with Crippen molar-refractivity contribution in [2.24, 2.45) is 5.41 Å². The lowest BCUT2D eigenvalue weighted by molar-refractivity contribution is -0.913. The van der Waals surface area contributed by atoms with Gasteiger partial charge in [0.15, 0.2) is 0 Å². The summed E-state index contributed by atoms with van der Waals surface area (Å²) in [5.41, 5.74) is 2.47. The van der Waals surface area contributed by atoms with Gasteiger partial charge in [-0.25, -0.2) is 4.98 Å². The lowest BCUT2D eigenvalue weighted by Crippen LogP contribution is -2.58. The van der Waals surface area contributed by atoms with E-state index in [1.165, 1.54) is 11.3 Å². The summed E-state index contributed by atoms with van der Waals surface area (Å²) >= 11 is 1.49. The van der Waals surface area contributed by atoms with Gasteiger partial charge in [0, 0.05) is 24.1 Å². The molecule has 0 radical (unpaired) electrons. The standard InChI is InChI=1S/C32H42N6O4S/c1-23(39)36-10-13-38(5,14-11-36)15-12-37-21-26(19-34-37)27-22-43-28(35-27)20-33-30(41)32(18-29(40)42-31(2,3)4)16-24-8-6-7-9-25(24)17-32/h6-9,19,21-22H,10-18,20H2,1-5H3/p+1. The number of esters is 1. The predicted octanol–water partition coefficient (Wildman–Crippen LogP) is 3.45. The van der Waals surface area contributed by atoms with Crippen LogP contribution < -0.4 is 5.32 Å². The molecule has 1 aliphatic carbocycles. The molecule has 5 rings (SSSR count). The third-order valence-corrected chi connectivity index (χ3v) is 9.42. The first-order valence-corrected chi connectivity index (χ1v) is 15.8. The SMILES string of the molecule is CC(=O)N1CC[N+](C)(CCn2cc(-c3csc(CNC(=O)C4(CC(=O)OC(C)(C)C)Cc5ccccc5C4)n3)cn2)CC1. The molecule has 0 unspecified atom stereocenters. The van der Waals surface area contributed by atoms with Crippen LogP contribution >= 0.6 is 11.3 Å². The minimum atomic E-state index is -0.884. The summed E-state index contributed by atoms with van der Waals surface area (Å²) in [6.07, 6.45) is 4.88. The van der Waals surface area contributed by atoms with Crippen LogP contribution in [-0.4, -0.2) is 87.3 Å². The lowest BCUT2D eigenvalue weighted by atomic mass is 9.80. The number of quaternary nitrogens is 1. The van der Waals surface area contributed by atoms with Crippen LogP contribution in [0.2, 0.25) is 0 Å². The van der Waals surface area contributed by atoms with Crippen LogP contribution in [0.4, 0.5) is 0 Å². The summed E-state index contributed by atoms with van der Waals surface area (Å²) in [7, 11) is 2.24. The van der Waals surface area contributed by atoms with E-state index in [1.54, 1.807) is 6.92 Å². The van der Waals surface area contributed by atoms with E-state index >= 15 is 0 Å². The Morgan fingerprint density at radius 3 is 2.42 bits per heavy atom. The van der Waals surface area contributed by atoms with Gasteiger partial charge in [0.1, 0.15) is 10.6 Å². The van der Waals surface area contributed by atoms with Crippen molar-refractivity contribution < 1.29 is 23.6 Å². The minimum Gasteiger partial charge on any atom is -0.460 e. The van der Waals surface area contributed by atoms with E-state index in [1.807, 2.05) is 72.4 Å². The minimum absolute atomic E-state index is 0.0276. The lowest BCUT2D eigenvalue weighted by Gasteiger charge is -2.41. The van der Waals surface area contributed by atoms with Crippen molar-refractivity contribution in [2.45, 2.75) is 65.6 Å². The third kappa shape index (κ3) is 7.51. The molecule has 2 aromatic heterocycles. The Labute approximate surface area is 257 Å². The van der Waals surface area contributed by atoms with Crippen LogP contribution in [0.3, 0.4) is 0 Å². The van der Waals surface area contributed by atoms with E-state index < -0.39 is 11.0 Å². The van der Waals surface area contributed by atoms with Crippen LogP contribution in [0.25, 0.3) is 11.3 Å². The van der Waals surface area contributed by atoms with Crippen LogP contribution in [0.5, 0.6) is 0 Å². The summed E-state index contributed by atoms with van der Waals surface area (Å²) in [5, 5.41) is 10.4. The quantitative estimate of drug-likeness (QED) is 0.295. The van der Waals surface area contributed by atoms with Gasteiger partial charge < -0.3 is 19.4 Å². The Morgan fingerprint density at radius 2 is 1.79 bits per heavy atom. The van der Waals surface area contributed by atoms with Gasteiger partial charge in [-0.3, -0.25) is 19.1 Å². The Balaban J connectivity index is 1.18. The molecule has 230 valence electrons. The Kier molecular flexibility index (Phi) is 8.76. The molecular weight excluding hydrogens is 564 g/mol. The zero-order valence-electron chi connectivity index (χ0n) is 25.9. The third-order valence-electron chi connectivity index (χ3n) is 8.58. The normalized spacial score (nSPS) is 17.4. The van der Waals surface area contributed by atoms with Crippen molar-refractivity contribution in [1.82, 2.24) is 25.0 Å². The maximum atomic E-state index is 13.7. The molecule has 43 heavy (non-hydrogen) atoms. The Bertz CT molecular complexity index is 1460. The van der Waals surface area contributed by atoms with E-state index in [-0.39, 0.29) is 30.7 Å². The molecule has 3 aromatic rings. The largest absolute Gasteiger partial charge is 0.460 e. The van der Waals surface area contributed by atoms with Crippen molar-refractivity contribution >= 4 is 29.1 Å². The van der Waals surface area contributed by atoms with E-state index in [0.29, 0.717) is 12.8 Å². The van der Waals surface area contributed by atoms with Gasteiger partial charge >= 0.3 is 5.97 Å². The molecule has 1 N–H and O–H groups in total. The molecule has 3 heterocycles. The van der Waals surface area contributed by atoms with E-state index in [2.05, 4.69) is 17.5 Å². The van der Waals surface area contributed by atoms with Gasteiger partial charge in [-0.2, -0.15) is 5.10 Å². The first-order valence-electron chi connectivity index (χ1n) is 15.0. The van der Waals surface area contributed by atoms with Crippen molar-refractivity contribution in [3.63, 3.8) is 0 Å². The zero-order valence-corrected chi connectivity index (χ0v) is 26.7. The number of likely N-dealkylation sites (N-methyl/N-ethyl adjacent to an activating group) is 1. The fourth-order valence-electron chi connectivity index (χ4n) is 6.03. The number of carbonyl (C=O) groups is 3. The number of rotatable bonds is 9. The number of benzene rings is 1. The van der Waals surface area contributed by atoms with Crippen LogP contribution in [0, 0.1) is 5.41 Å². The zero-order chi connectivity index (χ0) is 30.8. The highest BCUT2D eigenvalue weighted by molar-refractivity contribution is 7.09. The van der Waals surface area contributed by atoms with Gasteiger partial charge in [-0.05, 0) is 44.7 Å². The van der Waals surface area contributed by atoms with Crippen molar-refractivity contribution in [3.05, 3.63) is 58.2 Å². The topological polar surface area (TPSA) is 106 Å². The van der Waals surface area contributed by atoms with Gasteiger partial charge in [-0.1, -0.05) is 24.3 Å². The van der Waals surface area contributed by atoms with Gasteiger partial charge in [0.25, 0.3) is 0 Å². The summed E-state index contributed by atoms with van der Waals surface area (Å²) < 4.78 is 8.48. The number of hydrogen-bond acceptors (Lipinski definition) is 7. The number of thiazole rings is 1.